The van der Waals surface area contributed by atoms with Crippen LogP contribution in [0.25, 0.3) is 6.08 Å². The van der Waals surface area contributed by atoms with Crippen LogP contribution in [0.4, 0.5) is 5.69 Å². The average Bonchev–Trinajstić information content (AvgIpc) is 2.52. The molecule has 10 heteroatoms. The van der Waals surface area contributed by atoms with E-state index in [2.05, 4.69) is 4.72 Å². The lowest BCUT2D eigenvalue weighted by Crippen LogP contribution is -2.15. The molecule has 0 aromatic heterocycles. The van der Waals surface area contributed by atoms with Gasteiger partial charge in [0.2, 0.25) is 10.0 Å². The number of hydrogen-bond acceptors (Lipinski definition) is 5. The molecule has 0 unspecified atom stereocenters. The first-order chi connectivity index (χ1) is 11.6. The van der Waals surface area contributed by atoms with E-state index in [-0.39, 0.29) is 15.5 Å². The van der Waals surface area contributed by atoms with Gasteiger partial charge in [0.1, 0.15) is 0 Å². The summed E-state index contributed by atoms with van der Waals surface area (Å²) in [5.74, 6) is -1.12. The van der Waals surface area contributed by atoms with Crippen molar-refractivity contribution in [3.63, 3.8) is 0 Å². The lowest BCUT2D eigenvalue weighted by molar-refractivity contribution is -0.131. The van der Waals surface area contributed by atoms with Gasteiger partial charge in [-0.15, -0.1) is 0 Å². The van der Waals surface area contributed by atoms with Gasteiger partial charge < -0.3 is 5.11 Å². The maximum absolute atomic E-state index is 12.3. The van der Waals surface area contributed by atoms with E-state index >= 15 is 0 Å². The normalized spacial score (nSPS) is 12.2. The molecule has 0 bridgehead atoms. The summed E-state index contributed by atoms with van der Waals surface area (Å²) in [7, 11) is -7.90. The minimum absolute atomic E-state index is 0.0429. The predicted octanol–water partition coefficient (Wildman–Crippen LogP) is 1.23. The first-order valence-electron chi connectivity index (χ1n) is 6.75. The topological polar surface area (TPSA) is 144 Å². The first-order valence-corrected chi connectivity index (χ1v) is 9.78. The molecule has 2 aromatic rings. The highest BCUT2D eigenvalue weighted by atomic mass is 32.2. The molecule has 0 atom stereocenters. The predicted molar refractivity (Wildman–Crippen MR) is 91.7 cm³/mol. The molecule has 0 saturated heterocycles. The van der Waals surface area contributed by atoms with Crippen LogP contribution in [-0.2, 0) is 24.8 Å². The number of anilines is 1. The Morgan fingerprint density at radius 1 is 1.00 bits per heavy atom. The molecule has 8 nitrogen and oxygen atoms in total. The Morgan fingerprint density at radius 2 is 1.64 bits per heavy atom. The molecule has 132 valence electrons. The van der Waals surface area contributed by atoms with Gasteiger partial charge in [0, 0.05) is 6.08 Å². The van der Waals surface area contributed by atoms with E-state index in [1.165, 1.54) is 48.5 Å². The number of nitrogens with two attached hydrogens (primary N) is 1. The minimum atomic E-state index is -3.95. The summed E-state index contributed by atoms with van der Waals surface area (Å²) in [4.78, 5) is 10.2. The molecule has 0 aliphatic rings. The van der Waals surface area contributed by atoms with Crippen LogP contribution >= 0.6 is 0 Å². The number of carboxylic acid groups (broad SMARTS) is 1. The molecule has 0 aliphatic carbocycles. The van der Waals surface area contributed by atoms with Crippen molar-refractivity contribution in [2.24, 2.45) is 5.14 Å². The molecular weight excluding hydrogens is 368 g/mol. The number of benzene rings is 2. The summed E-state index contributed by atoms with van der Waals surface area (Å²) < 4.78 is 49.6. The Morgan fingerprint density at radius 3 is 2.20 bits per heavy atom. The van der Waals surface area contributed by atoms with Crippen LogP contribution in [0.5, 0.6) is 0 Å². The maximum Gasteiger partial charge on any atom is 0.328 e. The molecule has 0 fully saturated rings. The zero-order valence-corrected chi connectivity index (χ0v) is 14.3. The average molecular weight is 382 g/mol. The van der Waals surface area contributed by atoms with Crippen LogP contribution < -0.4 is 9.86 Å². The number of hydrogen-bond donors (Lipinski definition) is 3. The molecule has 0 amide bonds. The van der Waals surface area contributed by atoms with Gasteiger partial charge in [-0.25, -0.2) is 26.8 Å². The first kappa shape index (κ1) is 18.6. The summed E-state index contributed by atoms with van der Waals surface area (Å²) in [6, 6.07) is 10.6. The number of sulfonamides is 2. The molecule has 0 saturated carbocycles. The lowest BCUT2D eigenvalue weighted by atomic mass is 10.2. The molecule has 0 heterocycles. The Labute approximate surface area is 144 Å². The summed E-state index contributed by atoms with van der Waals surface area (Å²) >= 11 is 0. The van der Waals surface area contributed by atoms with E-state index in [1.54, 1.807) is 0 Å². The molecule has 2 rings (SSSR count). The number of rotatable bonds is 6. The second-order valence-electron chi connectivity index (χ2n) is 4.92. The van der Waals surface area contributed by atoms with Gasteiger partial charge in [0.15, 0.2) is 0 Å². The highest BCUT2D eigenvalue weighted by Crippen LogP contribution is 2.19. The molecule has 0 aliphatic heterocycles. The maximum atomic E-state index is 12.3. The van der Waals surface area contributed by atoms with Gasteiger partial charge in [-0.3, -0.25) is 4.72 Å². The number of nitrogens with one attached hydrogen (secondary N) is 1. The van der Waals surface area contributed by atoms with Crippen molar-refractivity contribution in [2.75, 3.05) is 4.72 Å². The van der Waals surface area contributed by atoms with Gasteiger partial charge in [-0.05, 0) is 42.0 Å². The van der Waals surface area contributed by atoms with Crippen molar-refractivity contribution in [3.05, 3.63) is 60.2 Å². The molecule has 4 N–H and O–H groups in total. The van der Waals surface area contributed by atoms with Crippen molar-refractivity contribution in [2.45, 2.75) is 9.79 Å². The zero-order chi connectivity index (χ0) is 18.7. The monoisotopic (exact) mass is 382 g/mol. The third kappa shape index (κ3) is 5.14. The number of primary sulfonamides is 1. The third-order valence-electron chi connectivity index (χ3n) is 3.02. The Balaban J connectivity index is 2.26. The highest BCUT2D eigenvalue weighted by molar-refractivity contribution is 7.92. The van der Waals surface area contributed by atoms with Crippen LogP contribution in [-0.4, -0.2) is 27.9 Å². The van der Waals surface area contributed by atoms with Crippen molar-refractivity contribution < 1.29 is 26.7 Å². The summed E-state index contributed by atoms with van der Waals surface area (Å²) in [5, 5.41) is 13.6. The highest BCUT2D eigenvalue weighted by Gasteiger charge is 2.15. The van der Waals surface area contributed by atoms with Gasteiger partial charge in [0.05, 0.1) is 15.5 Å². The quantitative estimate of drug-likeness (QED) is 0.641. The van der Waals surface area contributed by atoms with Crippen molar-refractivity contribution >= 4 is 37.8 Å². The van der Waals surface area contributed by atoms with Crippen molar-refractivity contribution in [1.29, 1.82) is 0 Å². The molecule has 0 spiro atoms. The molecule has 2 aromatic carbocycles. The van der Waals surface area contributed by atoms with E-state index in [4.69, 9.17) is 10.2 Å². The van der Waals surface area contributed by atoms with E-state index in [0.717, 1.165) is 12.1 Å². The number of aliphatic carboxylic acids is 1. The Hall–Kier alpha value is -2.69. The standard InChI is InChI=1S/C15H14N2O6S2/c16-24(20,21)14-3-1-2-12(10-14)17-25(22,23)13-7-4-11(5-8-13)6-9-15(18)19/h1-10,17H,(H,18,19)(H2,16,20,21). The van der Waals surface area contributed by atoms with E-state index in [0.29, 0.717) is 5.56 Å². The minimum Gasteiger partial charge on any atom is -0.478 e. The van der Waals surface area contributed by atoms with Gasteiger partial charge in [0.25, 0.3) is 10.0 Å². The fraction of sp³-hybridized carbons (Fsp3) is 0. The number of carbonyl (C=O) groups is 1. The summed E-state index contributed by atoms with van der Waals surface area (Å²) in [6.07, 6.45) is 2.25. The van der Waals surface area contributed by atoms with Gasteiger partial charge in [-0.2, -0.15) is 0 Å². The number of carboxylic acids is 1. The smallest absolute Gasteiger partial charge is 0.328 e. The van der Waals surface area contributed by atoms with E-state index in [9.17, 15) is 21.6 Å². The summed E-state index contributed by atoms with van der Waals surface area (Å²) in [5.41, 5.74) is 0.555. The van der Waals surface area contributed by atoms with Gasteiger partial charge >= 0.3 is 5.97 Å². The zero-order valence-electron chi connectivity index (χ0n) is 12.7. The van der Waals surface area contributed by atoms with Crippen molar-refractivity contribution in [1.82, 2.24) is 0 Å². The van der Waals surface area contributed by atoms with Crippen LogP contribution in [0.3, 0.4) is 0 Å². The SMILES string of the molecule is NS(=O)(=O)c1cccc(NS(=O)(=O)c2ccc(C=CC(=O)O)cc2)c1. The van der Waals surface area contributed by atoms with E-state index in [1.807, 2.05) is 0 Å². The third-order valence-corrected chi connectivity index (χ3v) is 5.33. The van der Waals surface area contributed by atoms with Gasteiger partial charge in [-0.1, -0.05) is 18.2 Å². The fourth-order valence-corrected chi connectivity index (χ4v) is 3.49. The Bertz CT molecular complexity index is 1030. The van der Waals surface area contributed by atoms with E-state index < -0.39 is 26.0 Å². The van der Waals surface area contributed by atoms with Crippen LogP contribution in [0, 0.1) is 0 Å². The van der Waals surface area contributed by atoms with Crippen LogP contribution in [0.15, 0.2) is 64.4 Å². The van der Waals surface area contributed by atoms with Crippen LogP contribution in [0.1, 0.15) is 5.56 Å². The molecule has 25 heavy (non-hydrogen) atoms. The Kier molecular flexibility index (Phi) is 5.26. The largest absolute Gasteiger partial charge is 0.478 e. The second kappa shape index (κ2) is 7.05. The second-order valence-corrected chi connectivity index (χ2v) is 8.16. The fourth-order valence-electron chi connectivity index (χ4n) is 1.88. The van der Waals surface area contributed by atoms with Crippen molar-refractivity contribution in [3.8, 4) is 0 Å². The summed E-state index contributed by atoms with van der Waals surface area (Å²) in [6.45, 7) is 0. The van der Waals surface area contributed by atoms with Crippen LogP contribution in [0.2, 0.25) is 0 Å². The lowest BCUT2D eigenvalue weighted by Gasteiger charge is -2.09. The molecule has 0 radical (unpaired) electrons. The molecular formula is C15H14N2O6S2.